The molecule has 0 aliphatic carbocycles. The van der Waals surface area contributed by atoms with Gasteiger partial charge in [0.15, 0.2) is 0 Å². The minimum atomic E-state index is -0.494. The van der Waals surface area contributed by atoms with Gasteiger partial charge in [0.2, 0.25) is 0 Å². The van der Waals surface area contributed by atoms with E-state index < -0.39 is 5.97 Å². The number of carbonyl (C=O) groups excluding carboxylic acids is 2. The fourth-order valence-electron chi connectivity index (χ4n) is 1.92. The fraction of sp³-hybridized carbons (Fsp3) is 0.211. The van der Waals surface area contributed by atoms with Crippen LogP contribution in [0, 0.1) is 11.3 Å². The lowest BCUT2D eigenvalue weighted by molar-refractivity contribution is -0.141. The highest BCUT2D eigenvalue weighted by Crippen LogP contribution is 2.16. The Balaban J connectivity index is 1.83. The first-order chi connectivity index (χ1) is 12.1. The number of nitrogens with zero attached hydrogens (tertiary/aromatic N) is 1. The Morgan fingerprint density at radius 2 is 1.60 bits per heavy atom. The lowest BCUT2D eigenvalue weighted by atomic mass is 10.2. The van der Waals surface area contributed by atoms with Crippen molar-refractivity contribution in [3.05, 3.63) is 59.7 Å². The van der Waals surface area contributed by atoms with Crippen LogP contribution in [0.5, 0.6) is 11.5 Å². The highest BCUT2D eigenvalue weighted by atomic mass is 16.5. The van der Waals surface area contributed by atoms with Gasteiger partial charge in [0.05, 0.1) is 30.4 Å². The standard InChI is InChI=1S/C19H17NO5/c1-14(21)23-11-2-12-24-17-9-5-16(6-10-17)19(22)25-18-7-3-15(13-20)4-8-18/h3-10H,2,11-12H2,1H3. The largest absolute Gasteiger partial charge is 0.493 e. The molecule has 2 aromatic carbocycles. The van der Waals surface area contributed by atoms with Crippen LogP contribution in [-0.2, 0) is 9.53 Å². The van der Waals surface area contributed by atoms with Crippen molar-refractivity contribution < 1.29 is 23.8 Å². The predicted molar refractivity (Wildman–Crippen MR) is 89.3 cm³/mol. The molecule has 0 unspecified atom stereocenters. The van der Waals surface area contributed by atoms with Crippen molar-refractivity contribution in [1.29, 1.82) is 5.26 Å². The summed E-state index contributed by atoms with van der Waals surface area (Å²) < 4.78 is 15.5. The van der Waals surface area contributed by atoms with E-state index in [0.717, 1.165) is 0 Å². The van der Waals surface area contributed by atoms with Gasteiger partial charge >= 0.3 is 11.9 Å². The monoisotopic (exact) mass is 339 g/mol. The van der Waals surface area contributed by atoms with E-state index in [2.05, 4.69) is 0 Å². The maximum atomic E-state index is 12.1. The van der Waals surface area contributed by atoms with Crippen LogP contribution in [0.15, 0.2) is 48.5 Å². The summed E-state index contributed by atoms with van der Waals surface area (Å²) in [4.78, 5) is 22.7. The minimum absolute atomic E-state index is 0.310. The van der Waals surface area contributed by atoms with Crippen molar-refractivity contribution >= 4 is 11.9 Å². The molecular weight excluding hydrogens is 322 g/mol. The Kier molecular flexibility index (Phi) is 6.55. The topological polar surface area (TPSA) is 85.6 Å². The molecule has 0 saturated heterocycles. The number of nitriles is 1. The summed E-state index contributed by atoms with van der Waals surface area (Å²) in [5.41, 5.74) is 0.881. The van der Waals surface area contributed by atoms with Crippen LogP contribution in [0.2, 0.25) is 0 Å². The average molecular weight is 339 g/mol. The fourth-order valence-corrected chi connectivity index (χ4v) is 1.92. The molecule has 0 N–H and O–H groups in total. The van der Waals surface area contributed by atoms with Crippen LogP contribution in [0.3, 0.4) is 0 Å². The maximum Gasteiger partial charge on any atom is 0.343 e. The van der Waals surface area contributed by atoms with Gasteiger partial charge in [-0.2, -0.15) is 5.26 Å². The molecule has 6 heteroatoms. The molecule has 0 atom stereocenters. The maximum absolute atomic E-state index is 12.1. The highest BCUT2D eigenvalue weighted by molar-refractivity contribution is 5.91. The molecule has 0 fully saturated rings. The molecule has 0 spiro atoms. The molecule has 128 valence electrons. The summed E-state index contributed by atoms with van der Waals surface area (Å²) in [6.45, 7) is 2.07. The van der Waals surface area contributed by atoms with Gasteiger partial charge < -0.3 is 14.2 Å². The van der Waals surface area contributed by atoms with E-state index >= 15 is 0 Å². The highest BCUT2D eigenvalue weighted by Gasteiger charge is 2.09. The summed E-state index contributed by atoms with van der Waals surface area (Å²) in [5, 5.41) is 8.74. The zero-order chi connectivity index (χ0) is 18.1. The summed E-state index contributed by atoms with van der Waals surface area (Å²) in [7, 11) is 0. The zero-order valence-electron chi connectivity index (χ0n) is 13.7. The molecule has 2 aromatic rings. The number of esters is 2. The molecular formula is C19H17NO5. The second-order valence-electron chi connectivity index (χ2n) is 5.09. The lowest BCUT2D eigenvalue weighted by Gasteiger charge is -2.08. The van der Waals surface area contributed by atoms with Gasteiger partial charge in [-0.15, -0.1) is 0 Å². The molecule has 0 aromatic heterocycles. The third kappa shape index (κ3) is 5.99. The van der Waals surface area contributed by atoms with Gasteiger partial charge in [-0.1, -0.05) is 0 Å². The van der Waals surface area contributed by atoms with Gasteiger partial charge in [-0.25, -0.2) is 4.79 Å². The summed E-state index contributed by atoms with van der Waals surface area (Å²) in [6.07, 6.45) is 0.585. The van der Waals surface area contributed by atoms with Crippen LogP contribution < -0.4 is 9.47 Å². The van der Waals surface area contributed by atoms with E-state index in [0.29, 0.717) is 42.3 Å². The molecule has 0 heterocycles. The van der Waals surface area contributed by atoms with Crippen molar-refractivity contribution in [2.24, 2.45) is 0 Å². The van der Waals surface area contributed by atoms with E-state index in [1.807, 2.05) is 6.07 Å². The van der Waals surface area contributed by atoms with E-state index in [9.17, 15) is 9.59 Å². The van der Waals surface area contributed by atoms with E-state index in [1.54, 1.807) is 48.5 Å². The summed E-state index contributed by atoms with van der Waals surface area (Å²) in [5.74, 6) is 0.170. The van der Waals surface area contributed by atoms with Crippen molar-refractivity contribution in [2.75, 3.05) is 13.2 Å². The second kappa shape index (κ2) is 9.08. The smallest absolute Gasteiger partial charge is 0.343 e. The van der Waals surface area contributed by atoms with Crippen LogP contribution in [0.4, 0.5) is 0 Å². The van der Waals surface area contributed by atoms with E-state index in [4.69, 9.17) is 19.5 Å². The Bertz CT molecular complexity index is 760. The average Bonchev–Trinajstić information content (AvgIpc) is 2.62. The molecule has 6 nitrogen and oxygen atoms in total. The first-order valence-electron chi connectivity index (χ1n) is 7.67. The first-order valence-corrected chi connectivity index (χ1v) is 7.67. The molecule has 0 bridgehead atoms. The Hall–Kier alpha value is -3.33. The number of hydrogen-bond donors (Lipinski definition) is 0. The van der Waals surface area contributed by atoms with Crippen molar-refractivity contribution in [2.45, 2.75) is 13.3 Å². The molecule has 0 radical (unpaired) electrons. The number of benzene rings is 2. The molecule has 0 aliphatic rings. The van der Waals surface area contributed by atoms with Crippen LogP contribution in [0.25, 0.3) is 0 Å². The second-order valence-corrected chi connectivity index (χ2v) is 5.09. The number of rotatable bonds is 7. The quantitative estimate of drug-likeness (QED) is 0.438. The van der Waals surface area contributed by atoms with Crippen LogP contribution >= 0.6 is 0 Å². The summed E-state index contributed by atoms with van der Waals surface area (Å²) in [6, 6.07) is 14.8. The summed E-state index contributed by atoms with van der Waals surface area (Å²) >= 11 is 0. The van der Waals surface area contributed by atoms with Crippen LogP contribution in [0.1, 0.15) is 29.3 Å². The van der Waals surface area contributed by atoms with Gasteiger partial charge in [0, 0.05) is 13.3 Å². The van der Waals surface area contributed by atoms with Crippen molar-refractivity contribution in [3.8, 4) is 17.6 Å². The molecule has 0 amide bonds. The Morgan fingerprint density at radius 3 is 2.20 bits per heavy atom. The molecule has 2 rings (SSSR count). The number of hydrogen-bond acceptors (Lipinski definition) is 6. The van der Waals surface area contributed by atoms with Gasteiger partial charge in [-0.3, -0.25) is 4.79 Å². The van der Waals surface area contributed by atoms with Gasteiger partial charge in [-0.05, 0) is 48.5 Å². The van der Waals surface area contributed by atoms with Gasteiger partial charge in [0.1, 0.15) is 11.5 Å². The Morgan fingerprint density at radius 1 is 0.960 bits per heavy atom. The Labute approximate surface area is 145 Å². The number of carbonyl (C=O) groups is 2. The van der Waals surface area contributed by atoms with Crippen LogP contribution in [-0.4, -0.2) is 25.2 Å². The third-order valence-corrected chi connectivity index (χ3v) is 3.15. The van der Waals surface area contributed by atoms with Crippen molar-refractivity contribution in [1.82, 2.24) is 0 Å². The first kappa shape index (κ1) is 18.0. The zero-order valence-corrected chi connectivity index (χ0v) is 13.7. The lowest BCUT2D eigenvalue weighted by Crippen LogP contribution is -2.09. The normalized spacial score (nSPS) is 9.76. The third-order valence-electron chi connectivity index (χ3n) is 3.15. The van der Waals surface area contributed by atoms with E-state index in [1.165, 1.54) is 6.92 Å². The molecule has 0 aliphatic heterocycles. The number of ether oxygens (including phenoxy) is 3. The molecule has 0 saturated carbocycles. The minimum Gasteiger partial charge on any atom is -0.493 e. The SMILES string of the molecule is CC(=O)OCCCOc1ccc(C(=O)Oc2ccc(C#N)cc2)cc1. The molecule has 25 heavy (non-hydrogen) atoms. The van der Waals surface area contributed by atoms with E-state index in [-0.39, 0.29) is 5.97 Å². The van der Waals surface area contributed by atoms with Gasteiger partial charge in [0.25, 0.3) is 0 Å². The van der Waals surface area contributed by atoms with Crippen molar-refractivity contribution in [3.63, 3.8) is 0 Å². The predicted octanol–water partition coefficient (Wildman–Crippen LogP) is 3.11.